The molecule has 1 aromatic rings. The highest BCUT2D eigenvalue weighted by atomic mass is 35.5. The van der Waals surface area contributed by atoms with Crippen molar-refractivity contribution in [2.75, 3.05) is 11.9 Å². The first kappa shape index (κ1) is 15.0. The summed E-state index contributed by atoms with van der Waals surface area (Å²) in [6.07, 6.45) is 4.82. The Bertz CT molecular complexity index is 496. The fraction of sp³-hybridized carbons (Fsp3) is 0.533. The predicted molar refractivity (Wildman–Crippen MR) is 83.8 cm³/mol. The maximum Gasteiger partial charge on any atom is 0.173 e. The Balaban J connectivity index is 2.30. The molecule has 0 bridgehead atoms. The van der Waals surface area contributed by atoms with E-state index < -0.39 is 0 Å². The normalized spacial score (nSPS) is 23.6. The van der Waals surface area contributed by atoms with E-state index in [2.05, 4.69) is 24.0 Å². The minimum Gasteiger partial charge on any atom is -0.409 e. The van der Waals surface area contributed by atoms with Crippen LogP contribution in [-0.2, 0) is 0 Å². The van der Waals surface area contributed by atoms with Gasteiger partial charge in [-0.25, -0.2) is 0 Å². The summed E-state index contributed by atoms with van der Waals surface area (Å²) in [6, 6.07) is 6.11. The molecular weight excluding hydrogens is 274 g/mol. The molecule has 1 saturated carbocycles. The summed E-state index contributed by atoms with van der Waals surface area (Å²) in [6.45, 7) is 2.30. The van der Waals surface area contributed by atoms with Crippen molar-refractivity contribution >= 4 is 23.1 Å². The van der Waals surface area contributed by atoms with Gasteiger partial charge in [0.25, 0.3) is 0 Å². The van der Waals surface area contributed by atoms with Gasteiger partial charge < -0.3 is 15.8 Å². The summed E-state index contributed by atoms with van der Waals surface area (Å²) < 4.78 is 0. The second-order valence-electron chi connectivity index (χ2n) is 5.64. The fourth-order valence-electron chi connectivity index (χ4n) is 2.94. The molecule has 0 aliphatic heterocycles. The van der Waals surface area contributed by atoms with E-state index in [1.165, 1.54) is 25.7 Å². The average Bonchev–Trinajstić information content (AvgIpc) is 2.46. The Morgan fingerprint density at radius 2 is 2.00 bits per heavy atom. The molecule has 110 valence electrons. The van der Waals surface area contributed by atoms with Crippen LogP contribution in [0.4, 0.5) is 5.69 Å². The molecule has 0 atom stereocenters. The number of benzene rings is 1. The van der Waals surface area contributed by atoms with Gasteiger partial charge in [-0.1, -0.05) is 29.7 Å². The number of hydrogen-bond donors (Lipinski definition) is 2. The van der Waals surface area contributed by atoms with Crippen molar-refractivity contribution in [2.24, 2.45) is 16.8 Å². The predicted octanol–water partition coefficient (Wildman–Crippen LogP) is 3.45. The molecule has 2 rings (SSSR count). The zero-order chi connectivity index (χ0) is 14.7. The number of nitrogens with zero attached hydrogens (tertiary/aromatic N) is 2. The lowest BCUT2D eigenvalue weighted by Gasteiger charge is -2.36. The lowest BCUT2D eigenvalue weighted by Crippen LogP contribution is -2.36. The van der Waals surface area contributed by atoms with Gasteiger partial charge in [0.2, 0.25) is 0 Å². The summed E-state index contributed by atoms with van der Waals surface area (Å²) in [5.74, 6) is 0.865. The van der Waals surface area contributed by atoms with E-state index in [-0.39, 0.29) is 5.84 Å². The zero-order valence-electron chi connectivity index (χ0n) is 12.0. The molecule has 1 aliphatic carbocycles. The first-order valence-electron chi connectivity index (χ1n) is 7.03. The van der Waals surface area contributed by atoms with E-state index in [1.807, 2.05) is 12.1 Å². The molecule has 1 aromatic carbocycles. The smallest absolute Gasteiger partial charge is 0.173 e. The highest BCUT2D eigenvalue weighted by Gasteiger charge is 2.24. The van der Waals surface area contributed by atoms with Crippen LogP contribution < -0.4 is 10.6 Å². The van der Waals surface area contributed by atoms with Gasteiger partial charge in [0.15, 0.2) is 5.84 Å². The van der Waals surface area contributed by atoms with Crippen molar-refractivity contribution in [3.8, 4) is 0 Å². The van der Waals surface area contributed by atoms with Crippen LogP contribution in [0.2, 0.25) is 5.02 Å². The molecule has 0 saturated heterocycles. The van der Waals surface area contributed by atoms with Crippen LogP contribution in [0.1, 0.15) is 38.2 Å². The highest BCUT2D eigenvalue weighted by Crippen LogP contribution is 2.33. The molecule has 0 radical (unpaired) electrons. The SMILES string of the molecule is CC1CCC(N(C)c2cccc(Cl)c2C(N)=NO)CC1. The van der Waals surface area contributed by atoms with Gasteiger partial charge in [-0.2, -0.15) is 0 Å². The van der Waals surface area contributed by atoms with Crippen molar-refractivity contribution < 1.29 is 5.21 Å². The molecule has 1 aliphatic rings. The number of halogens is 1. The van der Waals surface area contributed by atoms with E-state index in [1.54, 1.807) is 6.07 Å². The van der Waals surface area contributed by atoms with Crippen LogP contribution in [0.15, 0.2) is 23.4 Å². The number of nitrogens with two attached hydrogens (primary N) is 1. The molecule has 0 spiro atoms. The molecule has 5 heteroatoms. The number of oxime groups is 1. The van der Waals surface area contributed by atoms with Gasteiger partial charge in [0.05, 0.1) is 10.6 Å². The first-order chi connectivity index (χ1) is 9.54. The fourth-order valence-corrected chi connectivity index (χ4v) is 3.20. The van der Waals surface area contributed by atoms with Crippen LogP contribution in [0.25, 0.3) is 0 Å². The Morgan fingerprint density at radius 1 is 1.35 bits per heavy atom. The second-order valence-corrected chi connectivity index (χ2v) is 6.05. The van der Waals surface area contributed by atoms with Crippen LogP contribution >= 0.6 is 11.6 Å². The van der Waals surface area contributed by atoms with Crippen LogP contribution in [0.5, 0.6) is 0 Å². The summed E-state index contributed by atoms with van der Waals surface area (Å²) in [5.41, 5.74) is 7.31. The number of hydrogen-bond acceptors (Lipinski definition) is 3. The van der Waals surface area contributed by atoms with Gasteiger partial charge in [-0.15, -0.1) is 0 Å². The maximum absolute atomic E-state index is 8.95. The lowest BCUT2D eigenvalue weighted by molar-refractivity contribution is 0.318. The van der Waals surface area contributed by atoms with Gasteiger partial charge >= 0.3 is 0 Å². The largest absolute Gasteiger partial charge is 0.409 e. The molecular formula is C15H22ClN3O. The quantitative estimate of drug-likeness (QED) is 0.388. The van der Waals surface area contributed by atoms with E-state index in [9.17, 15) is 0 Å². The molecule has 1 fully saturated rings. The molecule has 0 aromatic heterocycles. The summed E-state index contributed by atoms with van der Waals surface area (Å²) in [4.78, 5) is 2.21. The molecule has 20 heavy (non-hydrogen) atoms. The Morgan fingerprint density at radius 3 is 2.60 bits per heavy atom. The van der Waals surface area contributed by atoms with Gasteiger partial charge in [0, 0.05) is 18.8 Å². The topological polar surface area (TPSA) is 61.8 Å². The van der Waals surface area contributed by atoms with Crippen molar-refractivity contribution in [1.29, 1.82) is 0 Å². The molecule has 0 unspecified atom stereocenters. The molecule has 4 nitrogen and oxygen atoms in total. The average molecular weight is 296 g/mol. The van der Waals surface area contributed by atoms with Gasteiger partial charge in [-0.05, 0) is 43.7 Å². The third kappa shape index (κ3) is 3.01. The molecule has 3 N–H and O–H groups in total. The third-order valence-corrected chi connectivity index (χ3v) is 4.58. The van der Waals surface area contributed by atoms with Gasteiger partial charge in [-0.3, -0.25) is 0 Å². The van der Waals surface area contributed by atoms with Crippen molar-refractivity contribution in [2.45, 2.75) is 38.6 Å². The maximum atomic E-state index is 8.95. The minimum absolute atomic E-state index is 0.0571. The number of anilines is 1. The van der Waals surface area contributed by atoms with E-state index >= 15 is 0 Å². The molecule has 0 amide bonds. The number of rotatable bonds is 3. The summed E-state index contributed by atoms with van der Waals surface area (Å²) in [7, 11) is 2.06. The Hall–Kier alpha value is -1.42. The Kier molecular flexibility index (Phi) is 4.76. The van der Waals surface area contributed by atoms with E-state index in [0.29, 0.717) is 16.6 Å². The zero-order valence-corrected chi connectivity index (χ0v) is 12.8. The first-order valence-corrected chi connectivity index (χ1v) is 7.41. The van der Waals surface area contributed by atoms with Crippen LogP contribution in [0, 0.1) is 5.92 Å². The molecule has 0 heterocycles. The summed E-state index contributed by atoms with van der Waals surface area (Å²) >= 11 is 6.21. The van der Waals surface area contributed by atoms with Crippen LogP contribution in [0.3, 0.4) is 0 Å². The summed E-state index contributed by atoms with van der Waals surface area (Å²) in [5, 5.41) is 12.6. The van der Waals surface area contributed by atoms with Crippen molar-refractivity contribution in [3.05, 3.63) is 28.8 Å². The van der Waals surface area contributed by atoms with Crippen molar-refractivity contribution in [1.82, 2.24) is 0 Å². The monoisotopic (exact) mass is 295 g/mol. The number of amidine groups is 1. The van der Waals surface area contributed by atoms with E-state index in [4.69, 9.17) is 22.5 Å². The van der Waals surface area contributed by atoms with Gasteiger partial charge in [0.1, 0.15) is 0 Å². The third-order valence-electron chi connectivity index (χ3n) is 4.27. The van der Waals surface area contributed by atoms with Crippen LogP contribution in [-0.4, -0.2) is 24.1 Å². The standard InChI is InChI=1S/C15H22ClN3O/c1-10-6-8-11(9-7-10)19(2)13-5-3-4-12(16)14(13)15(17)18-20/h3-5,10-11,20H,6-9H2,1-2H3,(H2,17,18). The van der Waals surface area contributed by atoms with E-state index in [0.717, 1.165) is 11.6 Å². The second kappa shape index (κ2) is 6.35. The van der Waals surface area contributed by atoms with Crippen molar-refractivity contribution in [3.63, 3.8) is 0 Å². The lowest BCUT2D eigenvalue weighted by atomic mass is 9.86. The minimum atomic E-state index is 0.0571. The Labute approximate surface area is 125 Å². The highest BCUT2D eigenvalue weighted by molar-refractivity contribution is 6.34.